The molecule has 5 aromatic rings. The number of anilines is 6. The van der Waals surface area contributed by atoms with Crippen molar-refractivity contribution in [2.45, 2.75) is 201 Å². The molecule has 0 fully saturated rings. The van der Waals surface area contributed by atoms with Gasteiger partial charge in [0.05, 0.1) is 17.0 Å². The Morgan fingerprint density at radius 1 is 0.508 bits per heavy atom. The van der Waals surface area contributed by atoms with Gasteiger partial charge in [0, 0.05) is 33.7 Å². The SMILES string of the molecule is Cc1cc2c3c(c1)N(c1c(C)cc(C(C)(C)C)cc1C)c1c(oc4c1C(C)(C)CCC4(C)C)B3c1cc3c(cc1N2c1ccc2c(c1)C(C)(C)CCC2(C)C)C(C)(C)CCC3(C)C. The quantitative estimate of drug-likeness (QED) is 0.162. The van der Waals surface area contributed by atoms with Crippen LogP contribution in [0.2, 0.25) is 0 Å². The van der Waals surface area contributed by atoms with E-state index in [0.717, 1.165) is 18.5 Å². The molecular formula is C59H75BN2O. The Hall–Kier alpha value is -4.18. The smallest absolute Gasteiger partial charge is 0.297 e. The summed E-state index contributed by atoms with van der Waals surface area (Å²) in [6.07, 6.45) is 6.97. The highest BCUT2D eigenvalue weighted by Crippen LogP contribution is 2.57. The lowest BCUT2D eigenvalue weighted by Gasteiger charge is -2.48. The van der Waals surface area contributed by atoms with Crippen LogP contribution in [0.1, 0.15) is 198 Å². The third kappa shape index (κ3) is 6.10. The highest BCUT2D eigenvalue weighted by atomic mass is 16.3. The molecule has 0 spiro atoms. The monoisotopic (exact) mass is 839 g/mol. The minimum Gasteiger partial charge on any atom is -0.472 e. The van der Waals surface area contributed by atoms with Crippen LogP contribution in [0.25, 0.3) is 0 Å². The fourth-order valence-electron chi connectivity index (χ4n) is 12.9. The summed E-state index contributed by atoms with van der Waals surface area (Å²) in [5, 5.41) is 0. The molecule has 0 saturated heterocycles. The number of aryl methyl sites for hydroxylation is 3. The number of fused-ring (bicyclic) bond motifs is 8. The highest BCUT2D eigenvalue weighted by Gasteiger charge is 2.54. The van der Waals surface area contributed by atoms with Crippen molar-refractivity contribution in [3.05, 3.63) is 110 Å². The van der Waals surface area contributed by atoms with Crippen LogP contribution in [0.5, 0.6) is 0 Å². The fourth-order valence-corrected chi connectivity index (χ4v) is 12.9. The van der Waals surface area contributed by atoms with E-state index in [-0.39, 0.29) is 44.6 Å². The maximum absolute atomic E-state index is 7.77. The van der Waals surface area contributed by atoms with E-state index in [2.05, 4.69) is 189 Å². The van der Waals surface area contributed by atoms with Crippen molar-refractivity contribution < 1.29 is 4.42 Å². The molecule has 0 amide bonds. The van der Waals surface area contributed by atoms with E-state index in [1.165, 1.54) is 127 Å². The second-order valence-corrected chi connectivity index (χ2v) is 26.0. The molecule has 3 nitrogen and oxygen atoms in total. The maximum Gasteiger partial charge on any atom is 0.297 e. The summed E-state index contributed by atoms with van der Waals surface area (Å²) in [5.41, 5.74) is 24.6. The molecular weight excluding hydrogens is 763 g/mol. The summed E-state index contributed by atoms with van der Waals surface area (Å²) in [4.78, 5) is 5.39. The Bertz CT molecular complexity index is 2760. The zero-order chi connectivity index (χ0) is 45.5. The zero-order valence-corrected chi connectivity index (χ0v) is 42.3. The molecule has 0 unspecified atom stereocenters. The van der Waals surface area contributed by atoms with Crippen LogP contribution in [-0.4, -0.2) is 6.71 Å². The van der Waals surface area contributed by atoms with Gasteiger partial charge in [0.15, 0.2) is 0 Å². The molecule has 3 aliphatic carbocycles. The van der Waals surface area contributed by atoms with Crippen molar-refractivity contribution >= 4 is 57.4 Å². The third-order valence-corrected chi connectivity index (χ3v) is 17.3. The van der Waals surface area contributed by atoms with Crippen LogP contribution < -0.4 is 26.4 Å². The third-order valence-electron chi connectivity index (χ3n) is 17.3. The summed E-state index contributed by atoms with van der Waals surface area (Å²) in [6, 6.07) is 22.8. The molecule has 0 saturated carbocycles. The van der Waals surface area contributed by atoms with Crippen LogP contribution in [-0.2, 0) is 37.9 Å². The van der Waals surface area contributed by atoms with E-state index in [0.29, 0.717) is 0 Å². The predicted molar refractivity (Wildman–Crippen MR) is 271 cm³/mol. The van der Waals surface area contributed by atoms with Gasteiger partial charge in [-0.25, -0.2) is 0 Å². The summed E-state index contributed by atoms with van der Waals surface area (Å²) in [6.45, 7) is 43.6. The van der Waals surface area contributed by atoms with Crippen LogP contribution in [0.3, 0.4) is 0 Å². The molecule has 0 radical (unpaired) electrons. The Labute approximate surface area is 381 Å². The molecule has 3 heterocycles. The minimum absolute atomic E-state index is 0.0415. The van der Waals surface area contributed by atoms with Crippen molar-refractivity contribution in [2.75, 3.05) is 9.80 Å². The first-order valence-corrected chi connectivity index (χ1v) is 24.4. The second kappa shape index (κ2) is 13.0. The van der Waals surface area contributed by atoms with Gasteiger partial charge in [0.25, 0.3) is 6.71 Å². The van der Waals surface area contributed by atoms with E-state index >= 15 is 0 Å². The summed E-state index contributed by atoms with van der Waals surface area (Å²) >= 11 is 0. The van der Waals surface area contributed by atoms with Gasteiger partial charge in [-0.05, 0) is 178 Å². The molecule has 10 rings (SSSR count). The molecule has 330 valence electrons. The first-order valence-electron chi connectivity index (χ1n) is 24.4. The molecule has 2 aliphatic heterocycles. The molecule has 1 aromatic heterocycles. The topological polar surface area (TPSA) is 19.6 Å². The van der Waals surface area contributed by atoms with E-state index in [1.807, 2.05) is 0 Å². The van der Waals surface area contributed by atoms with E-state index in [9.17, 15) is 0 Å². The molecule has 0 atom stereocenters. The van der Waals surface area contributed by atoms with Crippen molar-refractivity contribution in [2.24, 2.45) is 0 Å². The predicted octanol–water partition coefficient (Wildman–Crippen LogP) is 14.6. The van der Waals surface area contributed by atoms with E-state index in [4.69, 9.17) is 4.42 Å². The second-order valence-electron chi connectivity index (χ2n) is 26.0. The highest BCUT2D eigenvalue weighted by molar-refractivity contribution is 6.99. The lowest BCUT2D eigenvalue weighted by molar-refractivity contribution is 0.282. The van der Waals surface area contributed by atoms with Gasteiger partial charge in [0.2, 0.25) is 0 Å². The first-order chi connectivity index (χ1) is 29.1. The van der Waals surface area contributed by atoms with Gasteiger partial charge in [-0.3, -0.25) is 0 Å². The fraction of sp³-hybridized carbons (Fsp3) is 0.525. The van der Waals surface area contributed by atoms with Gasteiger partial charge >= 0.3 is 0 Å². The summed E-state index contributed by atoms with van der Waals surface area (Å²) in [7, 11) is 0. The van der Waals surface area contributed by atoms with Crippen molar-refractivity contribution in [1.29, 1.82) is 0 Å². The van der Waals surface area contributed by atoms with Crippen molar-refractivity contribution in [3.8, 4) is 0 Å². The standard InChI is InChI=1S/C59H75BN2O/c1-34-27-45-48-46(28-34)62(49-35(2)29-37(30-36(49)3)53(4,5)6)50-47-51(59(17,18)26-25-58(47,15)16)63-52(50)60(48)43-32-41-42(57(13,14)24-23-56(41,11)12)33-44(43)61(45)38-19-20-39-40(31-38)55(9,10)22-21-54(39,7)8/h19-20,27-33H,21-26H2,1-18H3. The maximum atomic E-state index is 7.77. The largest absolute Gasteiger partial charge is 0.472 e. The first kappa shape index (κ1) is 42.8. The Morgan fingerprint density at radius 2 is 1.00 bits per heavy atom. The minimum atomic E-state index is -0.0892. The normalized spacial score (nSPS) is 21.5. The number of nitrogens with zero attached hydrogens (tertiary/aromatic N) is 2. The zero-order valence-electron chi connectivity index (χ0n) is 42.3. The molecule has 4 aromatic carbocycles. The van der Waals surface area contributed by atoms with E-state index in [1.54, 1.807) is 0 Å². The van der Waals surface area contributed by atoms with Crippen LogP contribution >= 0.6 is 0 Å². The number of hydrogen-bond donors (Lipinski definition) is 0. The average Bonchev–Trinajstić information content (AvgIpc) is 3.60. The number of benzene rings is 4. The lowest BCUT2D eigenvalue weighted by atomic mass is 9.35. The molecule has 4 heteroatoms. The van der Waals surface area contributed by atoms with Gasteiger partial charge < -0.3 is 14.2 Å². The van der Waals surface area contributed by atoms with Gasteiger partial charge in [-0.15, -0.1) is 0 Å². The molecule has 0 N–H and O–H groups in total. The average molecular weight is 839 g/mol. The Morgan fingerprint density at radius 3 is 1.57 bits per heavy atom. The number of furan rings is 1. The Kier molecular flexibility index (Phi) is 8.83. The van der Waals surface area contributed by atoms with Crippen molar-refractivity contribution in [1.82, 2.24) is 0 Å². The van der Waals surface area contributed by atoms with Crippen LogP contribution in [0.15, 0.2) is 59.0 Å². The number of hydrogen-bond acceptors (Lipinski definition) is 3. The van der Waals surface area contributed by atoms with Crippen molar-refractivity contribution in [3.63, 3.8) is 0 Å². The molecule has 5 aliphatic rings. The van der Waals surface area contributed by atoms with Crippen LogP contribution in [0.4, 0.5) is 34.1 Å². The van der Waals surface area contributed by atoms with E-state index < -0.39 is 0 Å². The summed E-state index contributed by atoms with van der Waals surface area (Å²) < 4.78 is 7.77. The Balaban J connectivity index is 1.36. The lowest BCUT2D eigenvalue weighted by Crippen LogP contribution is -2.61. The van der Waals surface area contributed by atoms with Gasteiger partial charge in [0.1, 0.15) is 5.76 Å². The molecule has 0 bridgehead atoms. The van der Waals surface area contributed by atoms with Gasteiger partial charge in [-0.2, -0.15) is 0 Å². The van der Waals surface area contributed by atoms with Crippen LogP contribution in [0, 0.1) is 20.8 Å². The van der Waals surface area contributed by atoms with Gasteiger partial charge in [-0.1, -0.05) is 128 Å². The molecule has 63 heavy (non-hydrogen) atoms. The summed E-state index contributed by atoms with van der Waals surface area (Å²) in [5.74, 6) is 1.18. The number of rotatable bonds is 2.